The van der Waals surface area contributed by atoms with Gasteiger partial charge in [0.15, 0.2) is 5.69 Å². The highest BCUT2D eigenvalue weighted by Crippen LogP contribution is 2.31. The zero-order chi connectivity index (χ0) is 13.8. The summed E-state index contributed by atoms with van der Waals surface area (Å²) in [5.74, 6) is -1.29. The van der Waals surface area contributed by atoms with Gasteiger partial charge in [-0.25, -0.2) is 4.98 Å². The summed E-state index contributed by atoms with van der Waals surface area (Å²) in [6, 6.07) is 0. The van der Waals surface area contributed by atoms with Gasteiger partial charge in [-0.05, 0) is 6.42 Å². The molecule has 18 heavy (non-hydrogen) atoms. The fourth-order valence-electron chi connectivity index (χ4n) is 1.70. The van der Waals surface area contributed by atoms with Crippen LogP contribution < -0.4 is 0 Å². The van der Waals surface area contributed by atoms with E-state index in [4.69, 9.17) is 5.11 Å². The van der Waals surface area contributed by atoms with E-state index in [1.165, 1.54) is 4.57 Å². The second kappa shape index (κ2) is 5.88. The molecular weight excluding hydrogens is 249 g/mol. The molecule has 1 aromatic rings. The molecule has 1 aromatic heterocycles. The molecule has 0 aromatic carbocycles. The van der Waals surface area contributed by atoms with E-state index in [1.54, 1.807) is 0 Å². The lowest BCUT2D eigenvalue weighted by molar-refractivity contribution is -0.142. The van der Waals surface area contributed by atoms with Gasteiger partial charge in [0.2, 0.25) is 0 Å². The number of aryl methyl sites for hydroxylation is 1. The highest BCUT2D eigenvalue weighted by atomic mass is 19.4. The van der Waals surface area contributed by atoms with Crippen molar-refractivity contribution in [1.82, 2.24) is 9.55 Å². The van der Waals surface area contributed by atoms with Gasteiger partial charge >= 0.3 is 12.1 Å². The van der Waals surface area contributed by atoms with Crippen LogP contribution in [0, 0.1) is 0 Å². The Morgan fingerprint density at radius 1 is 1.44 bits per heavy atom. The van der Waals surface area contributed by atoms with E-state index in [9.17, 15) is 18.0 Å². The van der Waals surface area contributed by atoms with Crippen LogP contribution in [0.4, 0.5) is 13.2 Å². The lowest BCUT2D eigenvalue weighted by atomic mass is 10.2. The monoisotopic (exact) mass is 264 g/mol. The number of hydrogen-bond donors (Lipinski definition) is 1. The van der Waals surface area contributed by atoms with Crippen LogP contribution in [0.2, 0.25) is 0 Å². The van der Waals surface area contributed by atoms with E-state index >= 15 is 0 Å². The van der Waals surface area contributed by atoms with E-state index in [2.05, 4.69) is 4.98 Å². The Morgan fingerprint density at radius 2 is 2.11 bits per heavy atom. The lowest BCUT2D eigenvalue weighted by Gasteiger charge is -2.09. The Hall–Kier alpha value is -1.53. The van der Waals surface area contributed by atoms with Gasteiger partial charge in [0.1, 0.15) is 0 Å². The van der Waals surface area contributed by atoms with E-state index in [-0.39, 0.29) is 5.69 Å². The highest BCUT2D eigenvalue weighted by molar-refractivity contribution is 5.70. The van der Waals surface area contributed by atoms with Crippen molar-refractivity contribution >= 4 is 5.97 Å². The van der Waals surface area contributed by atoms with Gasteiger partial charge in [-0.1, -0.05) is 19.8 Å². The molecule has 0 fully saturated rings. The van der Waals surface area contributed by atoms with Crippen molar-refractivity contribution in [3.63, 3.8) is 0 Å². The molecule has 102 valence electrons. The van der Waals surface area contributed by atoms with Gasteiger partial charge in [-0.15, -0.1) is 0 Å². The Balaban J connectivity index is 2.96. The van der Waals surface area contributed by atoms with Crippen molar-refractivity contribution < 1.29 is 23.1 Å². The number of rotatable bonds is 6. The number of carboxylic acids is 1. The first-order chi connectivity index (χ1) is 8.36. The van der Waals surface area contributed by atoms with Crippen LogP contribution in [-0.2, 0) is 23.9 Å². The molecule has 0 spiro atoms. The number of carbonyl (C=O) groups is 1. The number of hydrogen-bond acceptors (Lipinski definition) is 2. The zero-order valence-electron chi connectivity index (χ0n) is 10.00. The molecule has 0 radical (unpaired) electrons. The predicted molar refractivity (Wildman–Crippen MR) is 58.1 cm³/mol. The molecule has 0 bridgehead atoms. The fraction of sp³-hybridized carbons (Fsp3) is 0.636. The van der Waals surface area contributed by atoms with Crippen LogP contribution in [-0.4, -0.2) is 20.6 Å². The molecule has 0 amide bonds. The molecule has 0 atom stereocenters. The lowest BCUT2D eigenvalue weighted by Crippen LogP contribution is -2.15. The van der Waals surface area contributed by atoms with Crippen LogP contribution in [0.3, 0.4) is 0 Å². The maximum Gasteiger partial charge on any atom is 0.435 e. The molecule has 0 saturated carbocycles. The molecule has 1 N–H and O–H groups in total. The SMILES string of the molecule is CCCCCn1cnc(C(F)(F)F)c1CC(=O)O. The van der Waals surface area contributed by atoms with E-state index < -0.39 is 24.3 Å². The number of aromatic nitrogens is 2. The number of imidazole rings is 1. The summed E-state index contributed by atoms with van der Waals surface area (Å²) in [4.78, 5) is 13.9. The summed E-state index contributed by atoms with van der Waals surface area (Å²) >= 11 is 0. The standard InChI is InChI=1S/C11H15F3N2O2/c1-2-3-4-5-16-7-15-10(11(12,13)14)8(16)6-9(17)18/h7H,2-6H2,1H3,(H,17,18). The number of carboxylic acid groups (broad SMARTS) is 1. The normalized spacial score (nSPS) is 11.8. The summed E-state index contributed by atoms with van der Waals surface area (Å²) in [6.07, 6.45) is -1.68. The molecule has 4 nitrogen and oxygen atoms in total. The highest BCUT2D eigenvalue weighted by Gasteiger charge is 2.37. The second-order valence-corrected chi connectivity index (χ2v) is 4.01. The summed E-state index contributed by atoms with van der Waals surface area (Å²) < 4.78 is 39.2. The number of aliphatic carboxylic acids is 1. The third-order valence-corrected chi connectivity index (χ3v) is 2.54. The van der Waals surface area contributed by atoms with Crippen molar-refractivity contribution in [2.45, 2.75) is 45.3 Å². The zero-order valence-corrected chi connectivity index (χ0v) is 10.00. The minimum absolute atomic E-state index is 0.272. The molecule has 1 heterocycles. The Bertz CT molecular complexity index is 413. The predicted octanol–water partition coefficient (Wildman–Crippen LogP) is 2.72. The van der Waals surface area contributed by atoms with E-state index in [1.807, 2.05) is 6.92 Å². The van der Waals surface area contributed by atoms with E-state index in [0.717, 1.165) is 19.2 Å². The first kappa shape index (κ1) is 14.5. The molecule has 1 rings (SSSR count). The first-order valence-corrected chi connectivity index (χ1v) is 5.69. The summed E-state index contributed by atoms with van der Waals surface area (Å²) in [7, 11) is 0. The number of alkyl halides is 3. The smallest absolute Gasteiger partial charge is 0.435 e. The van der Waals surface area contributed by atoms with Crippen LogP contribution >= 0.6 is 0 Å². The Labute approximate surface area is 102 Å². The maximum absolute atomic E-state index is 12.6. The van der Waals surface area contributed by atoms with Crippen molar-refractivity contribution in [3.05, 3.63) is 17.7 Å². The Morgan fingerprint density at radius 3 is 2.61 bits per heavy atom. The summed E-state index contributed by atoms with van der Waals surface area (Å²) in [6.45, 7) is 2.34. The van der Waals surface area contributed by atoms with E-state index in [0.29, 0.717) is 13.0 Å². The average Bonchev–Trinajstić information content (AvgIpc) is 2.60. The summed E-state index contributed by atoms with van der Waals surface area (Å²) in [5.41, 5.74) is -1.37. The molecule has 0 aliphatic heterocycles. The average molecular weight is 264 g/mol. The molecular formula is C11H15F3N2O2. The summed E-state index contributed by atoms with van der Waals surface area (Å²) in [5, 5.41) is 8.66. The third-order valence-electron chi connectivity index (χ3n) is 2.54. The number of halogens is 3. The third kappa shape index (κ3) is 3.75. The van der Waals surface area contributed by atoms with Gasteiger partial charge in [0.05, 0.1) is 18.4 Å². The number of unbranched alkanes of at least 4 members (excludes halogenated alkanes) is 2. The molecule has 7 heteroatoms. The van der Waals surface area contributed by atoms with Gasteiger partial charge < -0.3 is 9.67 Å². The fourth-order valence-corrected chi connectivity index (χ4v) is 1.70. The molecule has 0 saturated heterocycles. The van der Waals surface area contributed by atoms with Gasteiger partial charge in [-0.3, -0.25) is 4.79 Å². The Kier molecular flexibility index (Phi) is 4.75. The van der Waals surface area contributed by atoms with Crippen molar-refractivity contribution in [3.8, 4) is 0 Å². The molecule has 0 aliphatic carbocycles. The minimum Gasteiger partial charge on any atom is -0.481 e. The maximum atomic E-state index is 12.6. The van der Waals surface area contributed by atoms with Crippen molar-refractivity contribution in [2.24, 2.45) is 0 Å². The van der Waals surface area contributed by atoms with Crippen LogP contribution in [0.1, 0.15) is 37.6 Å². The van der Waals surface area contributed by atoms with Gasteiger partial charge in [0.25, 0.3) is 0 Å². The van der Waals surface area contributed by atoms with Crippen molar-refractivity contribution in [2.75, 3.05) is 0 Å². The van der Waals surface area contributed by atoms with Crippen LogP contribution in [0.5, 0.6) is 0 Å². The first-order valence-electron chi connectivity index (χ1n) is 5.69. The van der Waals surface area contributed by atoms with Gasteiger partial charge in [-0.2, -0.15) is 13.2 Å². The van der Waals surface area contributed by atoms with Crippen LogP contribution in [0.25, 0.3) is 0 Å². The molecule has 0 aliphatic rings. The van der Waals surface area contributed by atoms with Crippen LogP contribution in [0.15, 0.2) is 6.33 Å². The number of nitrogens with zero attached hydrogens (tertiary/aromatic N) is 2. The largest absolute Gasteiger partial charge is 0.481 e. The van der Waals surface area contributed by atoms with Gasteiger partial charge in [0, 0.05) is 6.54 Å². The molecule has 0 unspecified atom stereocenters. The van der Waals surface area contributed by atoms with Crippen molar-refractivity contribution in [1.29, 1.82) is 0 Å². The topological polar surface area (TPSA) is 55.1 Å². The quantitative estimate of drug-likeness (QED) is 0.804. The second-order valence-electron chi connectivity index (χ2n) is 4.01. The minimum atomic E-state index is -4.61.